The molecule has 1 aromatic heterocycles. The Morgan fingerprint density at radius 1 is 1.24 bits per heavy atom. The van der Waals surface area contributed by atoms with Crippen molar-refractivity contribution >= 4 is 5.91 Å². The molecule has 8 heteroatoms. The molecule has 0 atom stereocenters. The first-order valence-electron chi connectivity index (χ1n) is 8.08. The largest absolute Gasteiger partial charge is 0.416 e. The van der Waals surface area contributed by atoms with Crippen LogP contribution in [-0.2, 0) is 12.6 Å². The van der Waals surface area contributed by atoms with Gasteiger partial charge in [0.1, 0.15) is 0 Å². The third-order valence-electron chi connectivity index (χ3n) is 4.40. The monoisotopic (exact) mass is 353 g/mol. The molecule has 1 aliphatic rings. The van der Waals surface area contributed by atoms with Gasteiger partial charge in [-0.3, -0.25) is 4.79 Å². The zero-order valence-electron chi connectivity index (χ0n) is 13.7. The van der Waals surface area contributed by atoms with Crippen molar-refractivity contribution in [2.75, 3.05) is 13.1 Å². The van der Waals surface area contributed by atoms with E-state index in [1.165, 1.54) is 12.1 Å². The second-order valence-corrected chi connectivity index (χ2v) is 6.24. The molecule has 3 rings (SSSR count). The number of benzene rings is 1. The van der Waals surface area contributed by atoms with Crippen molar-refractivity contribution in [3.8, 4) is 0 Å². The topological polar surface area (TPSA) is 59.2 Å². The van der Waals surface area contributed by atoms with Crippen LogP contribution in [-0.4, -0.2) is 34.0 Å². The molecule has 2 aromatic rings. The van der Waals surface area contributed by atoms with Crippen LogP contribution < -0.4 is 0 Å². The minimum Gasteiger partial charge on any atom is -0.340 e. The van der Waals surface area contributed by atoms with Gasteiger partial charge in [-0.1, -0.05) is 5.16 Å². The number of carbonyl (C=O) groups excluding carboxylic acids is 1. The van der Waals surface area contributed by atoms with Crippen LogP contribution in [0.5, 0.6) is 0 Å². The first-order chi connectivity index (χ1) is 11.8. The zero-order valence-corrected chi connectivity index (χ0v) is 13.7. The fraction of sp³-hybridized carbons (Fsp3) is 0.471. The van der Waals surface area contributed by atoms with E-state index in [4.69, 9.17) is 4.52 Å². The van der Waals surface area contributed by atoms with Gasteiger partial charge in [-0.15, -0.1) is 0 Å². The molecule has 1 aromatic carbocycles. The van der Waals surface area contributed by atoms with Gasteiger partial charge in [0.15, 0.2) is 5.82 Å². The summed E-state index contributed by atoms with van der Waals surface area (Å²) in [5.41, 5.74) is -0.474. The number of aryl methyl sites for hydroxylation is 1. The zero-order chi connectivity index (χ0) is 18.0. The number of rotatable bonds is 3. The summed E-state index contributed by atoms with van der Waals surface area (Å²) in [6.07, 6.45) is -2.08. The van der Waals surface area contributed by atoms with E-state index in [1.54, 1.807) is 11.8 Å². The summed E-state index contributed by atoms with van der Waals surface area (Å²) in [5, 5.41) is 3.88. The van der Waals surface area contributed by atoms with E-state index in [9.17, 15) is 18.0 Å². The lowest BCUT2D eigenvalue weighted by Gasteiger charge is -2.31. The van der Waals surface area contributed by atoms with Crippen LogP contribution in [0.1, 0.15) is 40.5 Å². The number of hydrogen-bond acceptors (Lipinski definition) is 4. The van der Waals surface area contributed by atoms with E-state index in [-0.39, 0.29) is 11.5 Å². The van der Waals surface area contributed by atoms with Crippen LogP contribution in [0.3, 0.4) is 0 Å². The fourth-order valence-electron chi connectivity index (χ4n) is 3.01. The second-order valence-electron chi connectivity index (χ2n) is 6.24. The van der Waals surface area contributed by atoms with Crippen molar-refractivity contribution in [1.29, 1.82) is 0 Å². The summed E-state index contributed by atoms with van der Waals surface area (Å²) in [6.45, 7) is 2.88. The predicted molar refractivity (Wildman–Crippen MR) is 82.8 cm³/mol. The Morgan fingerprint density at radius 3 is 2.40 bits per heavy atom. The molecule has 5 nitrogen and oxygen atoms in total. The molecule has 1 aliphatic heterocycles. The Morgan fingerprint density at radius 2 is 1.88 bits per heavy atom. The number of carbonyl (C=O) groups is 1. The molecule has 0 saturated carbocycles. The van der Waals surface area contributed by atoms with Crippen molar-refractivity contribution in [1.82, 2.24) is 15.0 Å². The molecule has 134 valence electrons. The highest BCUT2D eigenvalue weighted by Gasteiger charge is 2.31. The molecule has 0 spiro atoms. The lowest BCUT2D eigenvalue weighted by molar-refractivity contribution is -0.137. The highest BCUT2D eigenvalue weighted by Crippen LogP contribution is 2.29. The third kappa shape index (κ3) is 4.18. The van der Waals surface area contributed by atoms with E-state index in [1.807, 2.05) is 0 Å². The fourth-order valence-corrected chi connectivity index (χ4v) is 3.01. The average Bonchev–Trinajstić information content (AvgIpc) is 2.99. The maximum atomic E-state index is 12.6. The van der Waals surface area contributed by atoms with E-state index >= 15 is 0 Å². The molecule has 2 heterocycles. The van der Waals surface area contributed by atoms with Crippen molar-refractivity contribution in [3.05, 3.63) is 47.1 Å². The predicted octanol–water partition coefficient (Wildman–Crippen LogP) is 3.49. The van der Waals surface area contributed by atoms with Crippen molar-refractivity contribution < 1.29 is 22.5 Å². The first kappa shape index (κ1) is 17.4. The van der Waals surface area contributed by atoms with Crippen molar-refractivity contribution in [2.24, 2.45) is 5.92 Å². The van der Waals surface area contributed by atoms with E-state index in [0.29, 0.717) is 37.1 Å². The maximum absolute atomic E-state index is 12.6. The van der Waals surface area contributed by atoms with Crippen LogP contribution in [0, 0.1) is 12.8 Å². The number of hydrogen-bond donors (Lipinski definition) is 0. The molecule has 1 amide bonds. The Labute approximate surface area is 142 Å². The normalized spacial score (nSPS) is 16.2. The minimum atomic E-state index is -4.40. The number of aromatic nitrogens is 2. The Bertz CT molecular complexity index is 732. The van der Waals surface area contributed by atoms with Crippen molar-refractivity contribution in [2.45, 2.75) is 32.4 Å². The molecule has 0 aliphatic carbocycles. The summed E-state index contributed by atoms with van der Waals surface area (Å²) in [5.74, 6) is 1.34. The van der Waals surface area contributed by atoms with Gasteiger partial charge >= 0.3 is 6.18 Å². The van der Waals surface area contributed by atoms with Gasteiger partial charge < -0.3 is 9.42 Å². The van der Waals surface area contributed by atoms with E-state index < -0.39 is 11.7 Å². The van der Waals surface area contributed by atoms with Gasteiger partial charge in [0.05, 0.1) is 5.56 Å². The molecule has 0 radical (unpaired) electrons. The number of likely N-dealkylation sites (tertiary alicyclic amines) is 1. The van der Waals surface area contributed by atoms with Crippen LogP contribution in [0.15, 0.2) is 28.8 Å². The third-order valence-corrected chi connectivity index (χ3v) is 4.40. The summed E-state index contributed by atoms with van der Waals surface area (Å²) in [6, 6.07) is 4.36. The molecule has 1 saturated heterocycles. The Hall–Kier alpha value is -2.38. The average molecular weight is 353 g/mol. The quantitative estimate of drug-likeness (QED) is 0.847. The molecule has 0 unspecified atom stereocenters. The molecule has 1 fully saturated rings. The van der Waals surface area contributed by atoms with Gasteiger partial charge in [0.2, 0.25) is 5.89 Å². The van der Waals surface area contributed by atoms with Crippen LogP contribution in [0.25, 0.3) is 0 Å². The molecular formula is C17H18F3N3O2. The Kier molecular flexibility index (Phi) is 4.78. The summed E-state index contributed by atoms with van der Waals surface area (Å²) >= 11 is 0. The van der Waals surface area contributed by atoms with Gasteiger partial charge in [-0.2, -0.15) is 18.2 Å². The summed E-state index contributed by atoms with van der Waals surface area (Å²) in [4.78, 5) is 18.3. The molecule has 25 heavy (non-hydrogen) atoms. The number of piperidine rings is 1. The van der Waals surface area contributed by atoms with Gasteiger partial charge in [0.25, 0.3) is 5.91 Å². The second kappa shape index (κ2) is 6.85. The molecule has 0 bridgehead atoms. The van der Waals surface area contributed by atoms with Gasteiger partial charge in [-0.05, 0) is 43.0 Å². The SMILES string of the molecule is Cc1nc(CC2CCN(C(=O)c3ccc(C(F)(F)F)cc3)CC2)no1. The molecular weight excluding hydrogens is 335 g/mol. The Balaban J connectivity index is 1.56. The molecule has 0 N–H and O–H groups in total. The van der Waals surface area contributed by atoms with Crippen LogP contribution in [0.4, 0.5) is 13.2 Å². The standard InChI is InChI=1S/C17H18F3N3O2/c1-11-21-15(22-25-11)10-12-6-8-23(9-7-12)16(24)13-2-4-14(5-3-13)17(18,19)20/h2-5,12H,6-10H2,1H3. The highest BCUT2D eigenvalue weighted by atomic mass is 19.4. The number of nitrogens with zero attached hydrogens (tertiary/aromatic N) is 3. The summed E-state index contributed by atoms with van der Waals surface area (Å²) in [7, 11) is 0. The summed E-state index contributed by atoms with van der Waals surface area (Å²) < 4.78 is 42.7. The van der Waals surface area contributed by atoms with E-state index in [0.717, 1.165) is 25.0 Å². The number of amides is 1. The van der Waals surface area contributed by atoms with Gasteiger partial charge in [-0.25, -0.2) is 0 Å². The van der Waals surface area contributed by atoms with Crippen molar-refractivity contribution in [3.63, 3.8) is 0 Å². The van der Waals surface area contributed by atoms with Crippen LogP contribution in [0.2, 0.25) is 0 Å². The minimum absolute atomic E-state index is 0.234. The number of alkyl halides is 3. The van der Waals surface area contributed by atoms with Crippen LogP contribution >= 0.6 is 0 Å². The van der Waals surface area contributed by atoms with Gasteiger partial charge in [0, 0.05) is 32.0 Å². The maximum Gasteiger partial charge on any atom is 0.416 e. The first-order valence-corrected chi connectivity index (χ1v) is 8.08. The lowest BCUT2D eigenvalue weighted by atomic mass is 9.93. The smallest absolute Gasteiger partial charge is 0.340 e. The highest BCUT2D eigenvalue weighted by molar-refractivity contribution is 5.94. The number of halogens is 3. The van der Waals surface area contributed by atoms with E-state index in [2.05, 4.69) is 10.1 Å². The lowest BCUT2D eigenvalue weighted by Crippen LogP contribution is -2.39.